The van der Waals surface area contributed by atoms with Crippen molar-refractivity contribution in [2.24, 2.45) is 0 Å². The van der Waals surface area contributed by atoms with E-state index in [9.17, 15) is 4.79 Å². The van der Waals surface area contributed by atoms with Crippen molar-refractivity contribution in [2.45, 2.75) is 6.92 Å². The lowest BCUT2D eigenvalue weighted by Crippen LogP contribution is -2.24. The fraction of sp³-hybridized carbons (Fsp3) is 0.133. The molecule has 2 aromatic carbocycles. The zero-order valence-corrected chi connectivity index (χ0v) is 11.5. The zero-order valence-electron chi connectivity index (χ0n) is 10.5. The molecule has 18 heavy (non-hydrogen) atoms. The third kappa shape index (κ3) is 2.96. The maximum Gasteiger partial charge on any atom is 0.251 e. The Bertz CT molecular complexity index is 552. The molecule has 0 saturated carbocycles. The summed E-state index contributed by atoms with van der Waals surface area (Å²) in [5.41, 5.74) is 1.95. The monoisotopic (exact) mass is 257 g/mol. The van der Waals surface area contributed by atoms with Gasteiger partial charge in [0.15, 0.2) is 0 Å². The Morgan fingerprint density at radius 3 is 2.50 bits per heavy atom. The molecular weight excluding hydrogens is 241 g/mol. The van der Waals surface area contributed by atoms with Gasteiger partial charge in [-0.2, -0.15) is 0 Å². The van der Waals surface area contributed by atoms with E-state index in [1.807, 2.05) is 37.3 Å². The average Bonchev–Trinajstić information content (AvgIpc) is 2.39. The lowest BCUT2D eigenvalue weighted by molar-refractivity contribution is 0.0964. The van der Waals surface area contributed by atoms with Crippen molar-refractivity contribution >= 4 is 25.1 Å². The predicted octanol–water partition coefficient (Wildman–Crippen LogP) is 1.98. The summed E-state index contributed by atoms with van der Waals surface area (Å²) in [5, 5.41) is 5.03. The summed E-state index contributed by atoms with van der Waals surface area (Å²) < 4.78 is 0. The summed E-state index contributed by atoms with van der Waals surface area (Å²) in [5.74, 6) is -0.0200. The molecule has 92 valence electrons. The summed E-state index contributed by atoms with van der Waals surface area (Å²) in [4.78, 5) is 11.8. The Balaban J connectivity index is 2.36. The van der Waals surface area contributed by atoms with Crippen LogP contribution in [0.1, 0.15) is 15.9 Å². The number of amides is 1. The molecule has 2 aromatic rings. The normalized spacial score (nSPS) is 10.8. The summed E-state index contributed by atoms with van der Waals surface area (Å²) in [6.45, 7) is 2.05. The topological polar surface area (TPSA) is 29.1 Å². The third-order valence-electron chi connectivity index (χ3n) is 2.70. The van der Waals surface area contributed by atoms with Crippen LogP contribution in [0, 0.1) is 6.92 Å². The minimum Gasteiger partial charge on any atom is -0.355 e. The molecule has 0 radical (unpaired) electrons. The molecule has 2 rings (SSSR count). The largest absolute Gasteiger partial charge is 0.355 e. The molecule has 0 spiro atoms. The predicted molar refractivity (Wildman–Crippen MR) is 78.6 cm³/mol. The molecule has 1 N–H and O–H groups in total. The first-order chi connectivity index (χ1) is 8.70. The van der Waals surface area contributed by atoms with Crippen molar-refractivity contribution in [3.63, 3.8) is 0 Å². The number of hydrogen-bond donors (Lipinski definition) is 1. The van der Waals surface area contributed by atoms with Crippen LogP contribution in [0.2, 0.25) is 0 Å². The van der Waals surface area contributed by atoms with Gasteiger partial charge in [-0.25, -0.2) is 0 Å². The molecule has 1 atom stereocenters. The highest BCUT2D eigenvalue weighted by atomic mass is 31.1. The number of nitrogens with one attached hydrogen (secondary N) is 1. The fourth-order valence-corrected chi connectivity index (χ4v) is 3.07. The van der Waals surface area contributed by atoms with E-state index in [1.54, 1.807) is 7.05 Å². The second-order valence-electron chi connectivity index (χ2n) is 4.12. The second-order valence-corrected chi connectivity index (χ2v) is 5.49. The van der Waals surface area contributed by atoms with Gasteiger partial charge in [-0.05, 0) is 23.6 Å². The van der Waals surface area contributed by atoms with Crippen molar-refractivity contribution in [1.29, 1.82) is 0 Å². The molecule has 3 heteroatoms. The van der Waals surface area contributed by atoms with Crippen LogP contribution in [-0.4, -0.2) is 13.0 Å². The van der Waals surface area contributed by atoms with E-state index in [0.717, 1.165) is 10.9 Å². The molecule has 1 amide bonds. The number of carbonyl (C=O) groups is 1. The van der Waals surface area contributed by atoms with Crippen LogP contribution in [0.4, 0.5) is 0 Å². The number of rotatable bonds is 3. The molecule has 0 aliphatic carbocycles. The summed E-state index contributed by atoms with van der Waals surface area (Å²) >= 11 is 0. The Hall–Kier alpha value is -1.66. The molecule has 0 heterocycles. The van der Waals surface area contributed by atoms with Crippen LogP contribution in [0.3, 0.4) is 0 Å². The molecule has 2 nitrogen and oxygen atoms in total. The van der Waals surface area contributed by atoms with Gasteiger partial charge in [-0.3, -0.25) is 4.79 Å². The minimum absolute atomic E-state index is 0.0200. The highest BCUT2D eigenvalue weighted by molar-refractivity contribution is 7.55. The number of benzene rings is 2. The van der Waals surface area contributed by atoms with Crippen molar-refractivity contribution < 1.29 is 4.79 Å². The van der Waals surface area contributed by atoms with Crippen molar-refractivity contribution in [1.82, 2.24) is 5.32 Å². The summed E-state index contributed by atoms with van der Waals surface area (Å²) in [6.07, 6.45) is 0. The quantitative estimate of drug-likeness (QED) is 0.837. The van der Waals surface area contributed by atoms with E-state index >= 15 is 0 Å². The van der Waals surface area contributed by atoms with Gasteiger partial charge in [-0.15, -0.1) is 0 Å². The Kier molecular flexibility index (Phi) is 4.11. The summed E-state index contributed by atoms with van der Waals surface area (Å²) in [7, 11) is 2.17. The van der Waals surface area contributed by atoms with Gasteiger partial charge in [0.1, 0.15) is 0 Å². The molecule has 1 unspecified atom stereocenters. The minimum atomic E-state index is -0.0200. The molecular formula is C15H16NOP. The van der Waals surface area contributed by atoms with Crippen molar-refractivity contribution in [3.8, 4) is 0 Å². The van der Waals surface area contributed by atoms with Crippen LogP contribution in [0.5, 0.6) is 0 Å². The van der Waals surface area contributed by atoms with Gasteiger partial charge in [0.2, 0.25) is 0 Å². The van der Waals surface area contributed by atoms with E-state index in [1.165, 1.54) is 10.9 Å². The maximum atomic E-state index is 11.8. The van der Waals surface area contributed by atoms with Crippen molar-refractivity contribution in [2.75, 3.05) is 7.05 Å². The van der Waals surface area contributed by atoms with Gasteiger partial charge in [0, 0.05) is 12.6 Å². The van der Waals surface area contributed by atoms with E-state index in [0.29, 0.717) is 8.58 Å². The van der Waals surface area contributed by atoms with Crippen LogP contribution in [-0.2, 0) is 0 Å². The van der Waals surface area contributed by atoms with Crippen LogP contribution in [0.15, 0.2) is 48.5 Å². The van der Waals surface area contributed by atoms with Gasteiger partial charge < -0.3 is 5.32 Å². The smallest absolute Gasteiger partial charge is 0.251 e. The first kappa shape index (κ1) is 12.8. The maximum absolute atomic E-state index is 11.8. The average molecular weight is 257 g/mol. The third-order valence-corrected chi connectivity index (χ3v) is 4.00. The van der Waals surface area contributed by atoms with Crippen molar-refractivity contribution in [3.05, 3.63) is 59.7 Å². The molecule has 0 fully saturated rings. The van der Waals surface area contributed by atoms with Crippen LogP contribution in [0.25, 0.3) is 0 Å². The number of hydrogen-bond acceptors (Lipinski definition) is 1. The van der Waals surface area contributed by atoms with Gasteiger partial charge >= 0.3 is 0 Å². The van der Waals surface area contributed by atoms with Crippen LogP contribution >= 0.6 is 8.58 Å². The fourth-order valence-electron chi connectivity index (χ4n) is 1.77. The van der Waals surface area contributed by atoms with E-state index in [2.05, 4.69) is 23.5 Å². The van der Waals surface area contributed by atoms with Crippen LogP contribution < -0.4 is 15.9 Å². The highest BCUT2D eigenvalue weighted by Crippen LogP contribution is 2.15. The first-order valence-corrected chi connectivity index (χ1v) is 6.85. The Morgan fingerprint density at radius 2 is 1.83 bits per heavy atom. The second kappa shape index (κ2) is 5.79. The lowest BCUT2D eigenvalue weighted by Gasteiger charge is -2.09. The molecule has 0 aliphatic rings. The Morgan fingerprint density at radius 1 is 1.11 bits per heavy atom. The van der Waals surface area contributed by atoms with E-state index in [-0.39, 0.29) is 5.91 Å². The lowest BCUT2D eigenvalue weighted by atomic mass is 10.1. The van der Waals surface area contributed by atoms with E-state index in [4.69, 9.17) is 0 Å². The zero-order chi connectivity index (χ0) is 13.0. The SMILES string of the molecule is CNC(=O)c1ccc(C)cc1Pc1ccccc1. The summed E-state index contributed by atoms with van der Waals surface area (Å²) in [6, 6.07) is 16.2. The van der Waals surface area contributed by atoms with Gasteiger partial charge in [0.05, 0.1) is 0 Å². The van der Waals surface area contributed by atoms with Gasteiger partial charge in [-0.1, -0.05) is 56.6 Å². The standard InChI is InChI=1S/C15H16NOP/c1-11-8-9-13(15(17)16-2)14(10-11)18-12-6-4-3-5-7-12/h3-10,18H,1-2H3,(H,16,17). The number of aryl methyl sites for hydroxylation is 1. The van der Waals surface area contributed by atoms with Gasteiger partial charge in [0.25, 0.3) is 5.91 Å². The molecule has 0 aliphatic heterocycles. The number of carbonyl (C=O) groups excluding carboxylic acids is 1. The molecule has 0 aromatic heterocycles. The highest BCUT2D eigenvalue weighted by Gasteiger charge is 2.10. The Labute approximate surface area is 109 Å². The molecule has 0 bridgehead atoms. The first-order valence-electron chi connectivity index (χ1n) is 5.85. The van der Waals surface area contributed by atoms with E-state index < -0.39 is 0 Å². The molecule has 0 saturated heterocycles.